The number of hydrogen-bond acceptors (Lipinski definition) is 3. The maximum Gasteiger partial charge on any atom is 0.319 e. The Kier molecular flexibility index (Phi) is 3.31. The standard InChI is InChI=1S/C15H20N4O2/c1-17(2)14(21)18-8-6-15(10-18)9-13(20)19(11-15)12-5-3-4-7-16-12/h3-5,7H,6,8-11H2,1-2H3/t15-/m1/s1. The predicted octanol–water partition coefficient (Wildman–Crippen LogP) is 1.19. The minimum Gasteiger partial charge on any atom is -0.331 e. The number of aromatic nitrogens is 1. The molecule has 0 saturated carbocycles. The number of likely N-dealkylation sites (tertiary alicyclic amines) is 1. The molecule has 21 heavy (non-hydrogen) atoms. The molecule has 1 aromatic heterocycles. The SMILES string of the molecule is CN(C)C(=O)N1CC[C@@]2(CC(=O)N(c3ccccn3)C2)C1. The highest BCUT2D eigenvalue weighted by Crippen LogP contribution is 2.41. The van der Waals surface area contributed by atoms with Crippen LogP contribution in [0, 0.1) is 5.41 Å². The van der Waals surface area contributed by atoms with Gasteiger partial charge in [-0.3, -0.25) is 9.69 Å². The van der Waals surface area contributed by atoms with Crippen LogP contribution in [0.3, 0.4) is 0 Å². The number of nitrogens with zero attached hydrogens (tertiary/aromatic N) is 4. The van der Waals surface area contributed by atoms with Crippen molar-refractivity contribution in [1.29, 1.82) is 0 Å². The fourth-order valence-corrected chi connectivity index (χ4v) is 3.27. The van der Waals surface area contributed by atoms with E-state index in [-0.39, 0.29) is 17.4 Å². The van der Waals surface area contributed by atoms with Gasteiger partial charge in [-0.25, -0.2) is 9.78 Å². The van der Waals surface area contributed by atoms with E-state index >= 15 is 0 Å². The second kappa shape index (κ2) is 5.02. The summed E-state index contributed by atoms with van der Waals surface area (Å²) in [6, 6.07) is 5.61. The van der Waals surface area contributed by atoms with Gasteiger partial charge in [0.15, 0.2) is 0 Å². The van der Waals surface area contributed by atoms with Crippen molar-refractivity contribution >= 4 is 17.8 Å². The smallest absolute Gasteiger partial charge is 0.319 e. The summed E-state index contributed by atoms with van der Waals surface area (Å²) in [7, 11) is 3.51. The summed E-state index contributed by atoms with van der Waals surface area (Å²) >= 11 is 0. The molecular weight excluding hydrogens is 268 g/mol. The van der Waals surface area contributed by atoms with Crippen LogP contribution < -0.4 is 4.90 Å². The van der Waals surface area contributed by atoms with Crippen LogP contribution in [-0.4, -0.2) is 60.5 Å². The first kappa shape index (κ1) is 13.9. The molecule has 0 bridgehead atoms. The van der Waals surface area contributed by atoms with Gasteiger partial charge in [0, 0.05) is 51.8 Å². The van der Waals surface area contributed by atoms with E-state index in [9.17, 15) is 9.59 Å². The highest BCUT2D eigenvalue weighted by Gasteiger charge is 2.49. The fourth-order valence-electron chi connectivity index (χ4n) is 3.27. The molecule has 1 aromatic rings. The van der Waals surface area contributed by atoms with Gasteiger partial charge in [-0.1, -0.05) is 6.07 Å². The molecule has 3 rings (SSSR count). The molecule has 2 saturated heterocycles. The number of amides is 3. The van der Waals surface area contributed by atoms with Crippen molar-refractivity contribution in [2.24, 2.45) is 5.41 Å². The summed E-state index contributed by atoms with van der Waals surface area (Å²) in [5, 5.41) is 0. The van der Waals surface area contributed by atoms with Gasteiger partial charge in [-0.15, -0.1) is 0 Å². The van der Waals surface area contributed by atoms with Crippen LogP contribution in [0.4, 0.5) is 10.6 Å². The summed E-state index contributed by atoms with van der Waals surface area (Å²) in [5.74, 6) is 0.810. The van der Waals surface area contributed by atoms with E-state index in [0.29, 0.717) is 25.3 Å². The van der Waals surface area contributed by atoms with Crippen molar-refractivity contribution in [2.75, 3.05) is 38.6 Å². The van der Waals surface area contributed by atoms with E-state index in [1.807, 2.05) is 23.1 Å². The quantitative estimate of drug-likeness (QED) is 0.780. The molecule has 2 aliphatic heterocycles. The Labute approximate surface area is 124 Å². The normalized spacial score (nSPS) is 25.0. The first-order chi connectivity index (χ1) is 10.0. The van der Waals surface area contributed by atoms with E-state index in [4.69, 9.17) is 0 Å². The Balaban J connectivity index is 1.75. The van der Waals surface area contributed by atoms with Gasteiger partial charge in [0.25, 0.3) is 0 Å². The minimum absolute atomic E-state index is 0.0237. The summed E-state index contributed by atoms with van der Waals surface area (Å²) in [6.07, 6.45) is 3.08. The van der Waals surface area contributed by atoms with E-state index < -0.39 is 0 Å². The van der Waals surface area contributed by atoms with Crippen LogP contribution in [0.5, 0.6) is 0 Å². The molecule has 6 heteroatoms. The van der Waals surface area contributed by atoms with Crippen LogP contribution >= 0.6 is 0 Å². The molecule has 0 N–H and O–H groups in total. The van der Waals surface area contributed by atoms with Gasteiger partial charge in [0.2, 0.25) is 5.91 Å². The molecule has 0 radical (unpaired) electrons. The third kappa shape index (κ3) is 2.46. The first-order valence-electron chi connectivity index (χ1n) is 7.18. The maximum atomic E-state index is 12.3. The number of anilines is 1. The van der Waals surface area contributed by atoms with Gasteiger partial charge in [-0.05, 0) is 18.6 Å². The van der Waals surface area contributed by atoms with E-state index in [2.05, 4.69) is 4.98 Å². The zero-order valence-electron chi connectivity index (χ0n) is 12.5. The summed E-state index contributed by atoms with van der Waals surface area (Å²) < 4.78 is 0. The molecule has 112 valence electrons. The third-order valence-corrected chi connectivity index (χ3v) is 4.34. The Hall–Kier alpha value is -2.11. The monoisotopic (exact) mass is 288 g/mol. The highest BCUT2D eigenvalue weighted by atomic mass is 16.2. The average Bonchev–Trinajstić information content (AvgIpc) is 3.03. The highest BCUT2D eigenvalue weighted by molar-refractivity contribution is 5.95. The van der Waals surface area contributed by atoms with Crippen LogP contribution in [0.15, 0.2) is 24.4 Å². The summed E-state index contributed by atoms with van der Waals surface area (Å²) in [4.78, 5) is 33.8. The van der Waals surface area contributed by atoms with Crippen LogP contribution in [0.25, 0.3) is 0 Å². The molecule has 0 aliphatic carbocycles. The van der Waals surface area contributed by atoms with Gasteiger partial charge < -0.3 is 9.80 Å². The van der Waals surface area contributed by atoms with Crippen molar-refractivity contribution in [3.05, 3.63) is 24.4 Å². The number of hydrogen-bond donors (Lipinski definition) is 0. The average molecular weight is 288 g/mol. The molecule has 0 aromatic carbocycles. The van der Waals surface area contributed by atoms with Crippen molar-refractivity contribution in [2.45, 2.75) is 12.8 Å². The second-order valence-corrected chi connectivity index (χ2v) is 6.19. The Bertz CT molecular complexity index is 560. The molecule has 2 aliphatic rings. The number of pyridine rings is 1. The van der Waals surface area contributed by atoms with Crippen LogP contribution in [0.1, 0.15) is 12.8 Å². The lowest BCUT2D eigenvalue weighted by atomic mass is 9.86. The second-order valence-electron chi connectivity index (χ2n) is 6.19. The number of carbonyl (C=O) groups is 2. The third-order valence-electron chi connectivity index (χ3n) is 4.34. The van der Waals surface area contributed by atoms with E-state index in [1.54, 1.807) is 30.1 Å². The fraction of sp³-hybridized carbons (Fsp3) is 0.533. The molecule has 3 heterocycles. The lowest BCUT2D eigenvalue weighted by molar-refractivity contribution is -0.117. The van der Waals surface area contributed by atoms with Crippen molar-refractivity contribution in [3.63, 3.8) is 0 Å². The van der Waals surface area contributed by atoms with Crippen LogP contribution in [-0.2, 0) is 4.79 Å². The Morgan fingerprint density at radius 1 is 1.33 bits per heavy atom. The number of urea groups is 1. The Morgan fingerprint density at radius 2 is 2.14 bits per heavy atom. The van der Waals surface area contributed by atoms with Gasteiger partial charge >= 0.3 is 6.03 Å². The summed E-state index contributed by atoms with van der Waals surface area (Å²) in [5.41, 5.74) is -0.111. The molecule has 1 atom stereocenters. The van der Waals surface area contributed by atoms with E-state index in [0.717, 1.165) is 13.0 Å². The number of rotatable bonds is 1. The minimum atomic E-state index is -0.111. The summed E-state index contributed by atoms with van der Waals surface area (Å²) in [6.45, 7) is 2.03. The maximum absolute atomic E-state index is 12.3. The largest absolute Gasteiger partial charge is 0.331 e. The predicted molar refractivity (Wildman–Crippen MR) is 78.9 cm³/mol. The molecule has 3 amide bonds. The first-order valence-corrected chi connectivity index (χ1v) is 7.18. The van der Waals surface area contributed by atoms with Crippen molar-refractivity contribution < 1.29 is 9.59 Å². The zero-order chi connectivity index (χ0) is 15.0. The van der Waals surface area contributed by atoms with E-state index in [1.165, 1.54) is 0 Å². The lowest BCUT2D eigenvalue weighted by Gasteiger charge is -2.25. The number of carbonyl (C=O) groups excluding carboxylic acids is 2. The molecular formula is C15H20N4O2. The topological polar surface area (TPSA) is 56.8 Å². The lowest BCUT2D eigenvalue weighted by Crippen LogP contribution is -2.39. The Morgan fingerprint density at radius 3 is 2.81 bits per heavy atom. The molecule has 2 fully saturated rings. The molecule has 1 spiro atoms. The molecule has 0 unspecified atom stereocenters. The van der Waals surface area contributed by atoms with Crippen molar-refractivity contribution in [1.82, 2.24) is 14.8 Å². The van der Waals surface area contributed by atoms with Gasteiger partial charge in [0.1, 0.15) is 5.82 Å². The zero-order valence-corrected chi connectivity index (χ0v) is 12.5. The van der Waals surface area contributed by atoms with Crippen LogP contribution in [0.2, 0.25) is 0 Å². The van der Waals surface area contributed by atoms with Gasteiger partial charge in [-0.2, -0.15) is 0 Å². The van der Waals surface area contributed by atoms with Gasteiger partial charge in [0.05, 0.1) is 0 Å². The molecule has 6 nitrogen and oxygen atoms in total. The van der Waals surface area contributed by atoms with Crippen molar-refractivity contribution in [3.8, 4) is 0 Å².